The second kappa shape index (κ2) is 9.10. The molecular formula is C12H25NOS. The van der Waals surface area contributed by atoms with E-state index in [1.807, 2.05) is 6.92 Å². The minimum absolute atomic E-state index is 0.193. The fourth-order valence-electron chi connectivity index (χ4n) is 1.33. The van der Waals surface area contributed by atoms with Crippen LogP contribution in [0.4, 0.5) is 0 Å². The summed E-state index contributed by atoms with van der Waals surface area (Å²) in [4.78, 5) is 0.549. The summed E-state index contributed by atoms with van der Waals surface area (Å²) in [6, 6.07) is 0. The second-order valence-electron chi connectivity index (χ2n) is 4.30. The predicted molar refractivity (Wildman–Crippen MR) is 70.1 cm³/mol. The molecule has 15 heavy (non-hydrogen) atoms. The van der Waals surface area contributed by atoms with Gasteiger partial charge in [0.15, 0.2) is 0 Å². The molecule has 2 unspecified atom stereocenters. The summed E-state index contributed by atoms with van der Waals surface area (Å²) in [5.41, 5.74) is 5.51. The highest BCUT2D eigenvalue weighted by molar-refractivity contribution is 7.80. The lowest BCUT2D eigenvalue weighted by molar-refractivity contribution is 0.0491. The molecule has 2 nitrogen and oxygen atoms in total. The quantitative estimate of drug-likeness (QED) is 0.488. The molecule has 0 heterocycles. The van der Waals surface area contributed by atoms with Gasteiger partial charge in [0.1, 0.15) is 0 Å². The zero-order valence-electron chi connectivity index (χ0n) is 10.3. The maximum absolute atomic E-state index is 5.68. The third-order valence-electron chi connectivity index (χ3n) is 2.58. The molecule has 0 spiro atoms. The van der Waals surface area contributed by atoms with E-state index in [0.29, 0.717) is 17.7 Å². The van der Waals surface area contributed by atoms with Crippen LogP contribution in [0.2, 0.25) is 0 Å². The molecule has 0 saturated carbocycles. The second-order valence-corrected chi connectivity index (χ2v) is 4.77. The summed E-state index contributed by atoms with van der Waals surface area (Å²) in [5, 5.41) is 0. The van der Waals surface area contributed by atoms with Gasteiger partial charge < -0.3 is 10.5 Å². The molecule has 0 aromatic carbocycles. The minimum atomic E-state index is 0.193. The van der Waals surface area contributed by atoms with Gasteiger partial charge in [-0.1, -0.05) is 51.7 Å². The number of hydrogen-bond donors (Lipinski definition) is 1. The van der Waals surface area contributed by atoms with Gasteiger partial charge in [-0.15, -0.1) is 0 Å². The van der Waals surface area contributed by atoms with Crippen molar-refractivity contribution in [2.75, 3.05) is 6.61 Å². The molecule has 0 radical (unpaired) electrons. The SMILES string of the molecule is CCCCCCC(C)OCC(C)C(N)=S. The van der Waals surface area contributed by atoms with Crippen LogP contribution in [-0.2, 0) is 4.74 Å². The number of thiocarbonyl (C=S) groups is 1. The molecule has 0 aliphatic rings. The van der Waals surface area contributed by atoms with Gasteiger partial charge in [0.05, 0.1) is 17.7 Å². The van der Waals surface area contributed by atoms with Crippen molar-refractivity contribution in [1.29, 1.82) is 0 Å². The molecule has 0 aromatic heterocycles. The summed E-state index contributed by atoms with van der Waals surface area (Å²) in [6.07, 6.45) is 6.66. The molecule has 0 rings (SSSR count). The van der Waals surface area contributed by atoms with Gasteiger partial charge in [0.25, 0.3) is 0 Å². The van der Waals surface area contributed by atoms with E-state index in [1.165, 1.54) is 25.7 Å². The highest BCUT2D eigenvalue weighted by atomic mass is 32.1. The monoisotopic (exact) mass is 231 g/mol. The topological polar surface area (TPSA) is 35.2 Å². The Morgan fingerprint density at radius 1 is 1.27 bits per heavy atom. The van der Waals surface area contributed by atoms with Crippen LogP contribution in [0.25, 0.3) is 0 Å². The van der Waals surface area contributed by atoms with Crippen LogP contribution in [0.1, 0.15) is 52.9 Å². The van der Waals surface area contributed by atoms with Gasteiger partial charge in [-0.3, -0.25) is 0 Å². The first-order chi connectivity index (χ1) is 7.07. The highest BCUT2D eigenvalue weighted by Gasteiger charge is 2.08. The van der Waals surface area contributed by atoms with Crippen LogP contribution in [0.3, 0.4) is 0 Å². The fourth-order valence-corrected chi connectivity index (χ4v) is 1.40. The number of hydrogen-bond acceptors (Lipinski definition) is 2. The van der Waals surface area contributed by atoms with E-state index >= 15 is 0 Å². The van der Waals surface area contributed by atoms with E-state index in [0.717, 1.165) is 6.42 Å². The van der Waals surface area contributed by atoms with Crippen molar-refractivity contribution in [1.82, 2.24) is 0 Å². The van der Waals surface area contributed by atoms with Crippen molar-refractivity contribution in [2.45, 2.75) is 59.0 Å². The van der Waals surface area contributed by atoms with Crippen LogP contribution in [-0.4, -0.2) is 17.7 Å². The molecule has 0 fully saturated rings. The Balaban J connectivity index is 3.40. The maximum Gasteiger partial charge on any atom is 0.0779 e. The van der Waals surface area contributed by atoms with Crippen LogP contribution in [0.15, 0.2) is 0 Å². The lowest BCUT2D eigenvalue weighted by atomic mass is 10.1. The van der Waals surface area contributed by atoms with Gasteiger partial charge in [-0.25, -0.2) is 0 Å². The number of rotatable bonds is 9. The smallest absolute Gasteiger partial charge is 0.0779 e. The van der Waals surface area contributed by atoms with Crippen LogP contribution < -0.4 is 5.73 Å². The standard InChI is InChI=1S/C12H25NOS/c1-4-5-6-7-8-11(3)14-9-10(2)12(13)15/h10-11H,4-9H2,1-3H3,(H2,13,15). The van der Waals surface area contributed by atoms with Gasteiger partial charge in [0, 0.05) is 5.92 Å². The van der Waals surface area contributed by atoms with Gasteiger partial charge in [-0.2, -0.15) is 0 Å². The lowest BCUT2D eigenvalue weighted by Gasteiger charge is -2.16. The Labute approximate surface area is 99.6 Å². The average Bonchev–Trinajstić information content (AvgIpc) is 2.20. The fraction of sp³-hybridized carbons (Fsp3) is 0.917. The van der Waals surface area contributed by atoms with Crippen LogP contribution in [0, 0.1) is 5.92 Å². The van der Waals surface area contributed by atoms with E-state index in [-0.39, 0.29) is 5.92 Å². The Hall–Kier alpha value is -0.150. The first kappa shape index (κ1) is 14.8. The molecule has 3 heteroatoms. The molecule has 2 N–H and O–H groups in total. The maximum atomic E-state index is 5.68. The van der Waals surface area contributed by atoms with E-state index in [1.54, 1.807) is 0 Å². The summed E-state index contributed by atoms with van der Waals surface area (Å²) < 4.78 is 5.68. The molecule has 0 aliphatic carbocycles. The summed E-state index contributed by atoms with van der Waals surface area (Å²) in [7, 11) is 0. The lowest BCUT2D eigenvalue weighted by Crippen LogP contribution is -2.24. The molecule has 0 bridgehead atoms. The number of ether oxygens (including phenoxy) is 1. The Morgan fingerprint density at radius 2 is 1.93 bits per heavy atom. The number of unbranched alkanes of at least 4 members (excludes halogenated alkanes) is 3. The van der Waals surface area contributed by atoms with Crippen molar-refractivity contribution in [3.63, 3.8) is 0 Å². The first-order valence-electron chi connectivity index (χ1n) is 5.98. The summed E-state index contributed by atoms with van der Waals surface area (Å²) >= 11 is 4.89. The zero-order valence-corrected chi connectivity index (χ0v) is 11.1. The van der Waals surface area contributed by atoms with Crippen molar-refractivity contribution in [3.8, 4) is 0 Å². The van der Waals surface area contributed by atoms with E-state index < -0.39 is 0 Å². The van der Waals surface area contributed by atoms with E-state index in [2.05, 4.69) is 13.8 Å². The zero-order chi connectivity index (χ0) is 11.7. The van der Waals surface area contributed by atoms with Gasteiger partial charge in [-0.05, 0) is 13.3 Å². The molecule has 0 saturated heterocycles. The molecule has 0 aromatic rings. The molecule has 2 atom stereocenters. The van der Waals surface area contributed by atoms with Crippen LogP contribution in [0.5, 0.6) is 0 Å². The first-order valence-corrected chi connectivity index (χ1v) is 6.39. The number of nitrogens with two attached hydrogens (primary N) is 1. The largest absolute Gasteiger partial charge is 0.393 e. The van der Waals surface area contributed by atoms with Crippen molar-refractivity contribution >= 4 is 17.2 Å². The molecule has 0 aliphatic heterocycles. The third-order valence-corrected chi connectivity index (χ3v) is 2.98. The predicted octanol–water partition coefficient (Wildman–Crippen LogP) is 3.28. The summed E-state index contributed by atoms with van der Waals surface area (Å²) in [6.45, 7) is 7.01. The third kappa shape index (κ3) is 8.82. The van der Waals surface area contributed by atoms with Crippen molar-refractivity contribution in [2.24, 2.45) is 11.7 Å². The highest BCUT2D eigenvalue weighted by Crippen LogP contribution is 2.09. The summed E-state index contributed by atoms with van der Waals surface area (Å²) in [5.74, 6) is 0.193. The average molecular weight is 231 g/mol. The van der Waals surface area contributed by atoms with Crippen molar-refractivity contribution < 1.29 is 4.74 Å². The Morgan fingerprint density at radius 3 is 2.47 bits per heavy atom. The minimum Gasteiger partial charge on any atom is -0.393 e. The molecule has 90 valence electrons. The molecular weight excluding hydrogens is 206 g/mol. The van der Waals surface area contributed by atoms with Gasteiger partial charge >= 0.3 is 0 Å². The van der Waals surface area contributed by atoms with Crippen LogP contribution >= 0.6 is 12.2 Å². The Kier molecular flexibility index (Phi) is 9.01. The Bertz CT molecular complexity index is 173. The van der Waals surface area contributed by atoms with E-state index in [9.17, 15) is 0 Å². The molecule has 0 amide bonds. The van der Waals surface area contributed by atoms with E-state index in [4.69, 9.17) is 22.7 Å². The van der Waals surface area contributed by atoms with Gasteiger partial charge in [0.2, 0.25) is 0 Å². The normalized spacial score (nSPS) is 14.9. The van der Waals surface area contributed by atoms with Crippen molar-refractivity contribution in [3.05, 3.63) is 0 Å².